The minimum Gasteiger partial charge on any atom is -0.504 e. The number of carbonyl (C=O) groups excluding carboxylic acids is 3. The Morgan fingerprint density at radius 1 is 1.06 bits per heavy atom. The van der Waals surface area contributed by atoms with Gasteiger partial charge in [0.2, 0.25) is 0 Å². The first-order chi connectivity index (χ1) is 16.3. The highest BCUT2D eigenvalue weighted by molar-refractivity contribution is 5.88. The van der Waals surface area contributed by atoms with Gasteiger partial charge in [0.15, 0.2) is 23.0 Å². The van der Waals surface area contributed by atoms with Crippen molar-refractivity contribution in [3.05, 3.63) is 53.1 Å². The molecule has 2 aromatic carbocycles. The third kappa shape index (κ3) is 5.31. The van der Waals surface area contributed by atoms with E-state index in [0.717, 1.165) is 0 Å². The molecule has 0 aliphatic carbocycles. The monoisotopic (exact) mass is 470 g/mol. The van der Waals surface area contributed by atoms with E-state index in [2.05, 4.69) is 0 Å². The van der Waals surface area contributed by atoms with E-state index in [9.17, 15) is 19.5 Å². The molecule has 1 heterocycles. The predicted molar refractivity (Wildman–Crippen MR) is 121 cm³/mol. The number of ether oxygens (including phenoxy) is 5. The van der Waals surface area contributed by atoms with Crippen molar-refractivity contribution >= 4 is 24.0 Å². The summed E-state index contributed by atoms with van der Waals surface area (Å²) in [6.07, 6.45) is 1.99. The SMILES string of the molecule is CCOC(=O)/C=C/c1cc(OC)c2c(c1)C(C(=O)OCC)C(c1ccc(O)c(OC(C)=O)c1)O2. The van der Waals surface area contributed by atoms with Crippen LogP contribution < -0.4 is 14.2 Å². The fourth-order valence-corrected chi connectivity index (χ4v) is 3.65. The van der Waals surface area contributed by atoms with Crippen molar-refractivity contribution in [2.75, 3.05) is 20.3 Å². The summed E-state index contributed by atoms with van der Waals surface area (Å²) in [5.41, 5.74) is 1.58. The van der Waals surface area contributed by atoms with Gasteiger partial charge in [-0.15, -0.1) is 0 Å². The molecule has 1 N–H and O–H groups in total. The molecular formula is C25H26O9. The van der Waals surface area contributed by atoms with E-state index >= 15 is 0 Å². The first kappa shape index (κ1) is 24.6. The number of aromatic hydroxyl groups is 1. The highest BCUT2D eigenvalue weighted by Gasteiger charge is 2.43. The van der Waals surface area contributed by atoms with Crippen molar-refractivity contribution in [1.29, 1.82) is 0 Å². The largest absolute Gasteiger partial charge is 0.504 e. The van der Waals surface area contributed by atoms with Crippen molar-refractivity contribution in [2.45, 2.75) is 32.8 Å². The number of hydrogen-bond acceptors (Lipinski definition) is 9. The Morgan fingerprint density at radius 3 is 2.44 bits per heavy atom. The molecule has 9 nitrogen and oxygen atoms in total. The topological polar surface area (TPSA) is 118 Å². The fraction of sp³-hybridized carbons (Fsp3) is 0.320. The van der Waals surface area contributed by atoms with Crippen LogP contribution in [-0.4, -0.2) is 43.3 Å². The molecule has 9 heteroatoms. The van der Waals surface area contributed by atoms with E-state index in [1.807, 2.05) is 0 Å². The molecule has 0 saturated carbocycles. The lowest BCUT2D eigenvalue weighted by Gasteiger charge is -2.19. The van der Waals surface area contributed by atoms with E-state index in [1.165, 1.54) is 32.2 Å². The normalized spacial score (nSPS) is 16.5. The average Bonchev–Trinajstić information content (AvgIpc) is 3.18. The Morgan fingerprint density at radius 2 is 1.79 bits per heavy atom. The van der Waals surface area contributed by atoms with Crippen molar-refractivity contribution in [3.8, 4) is 23.0 Å². The molecule has 2 unspecified atom stereocenters. The molecule has 1 aliphatic heterocycles. The molecule has 0 bridgehead atoms. The highest BCUT2D eigenvalue weighted by Crippen LogP contribution is 2.52. The Bertz CT molecular complexity index is 1120. The van der Waals surface area contributed by atoms with E-state index < -0.39 is 29.9 Å². The van der Waals surface area contributed by atoms with E-state index in [0.29, 0.717) is 28.2 Å². The number of esters is 3. The van der Waals surface area contributed by atoms with Crippen LogP contribution in [0.25, 0.3) is 6.08 Å². The summed E-state index contributed by atoms with van der Waals surface area (Å²) in [6, 6.07) is 7.74. The number of methoxy groups -OCH3 is 1. The van der Waals surface area contributed by atoms with Gasteiger partial charge in [-0.1, -0.05) is 6.07 Å². The Balaban J connectivity index is 2.08. The molecule has 0 saturated heterocycles. The molecule has 0 aromatic heterocycles. The number of benzene rings is 2. The summed E-state index contributed by atoms with van der Waals surface area (Å²) >= 11 is 0. The van der Waals surface area contributed by atoms with E-state index in [-0.39, 0.29) is 24.7 Å². The summed E-state index contributed by atoms with van der Waals surface area (Å²) in [5.74, 6) is -2.10. The predicted octanol–water partition coefficient (Wildman–Crippen LogP) is 3.68. The molecule has 0 amide bonds. The standard InChI is InChI=1S/C25H26O9/c1-5-31-21(28)10-7-15-11-17-22(25(29)32-6-2)23(34-24(17)20(12-15)30-4)16-8-9-18(27)19(13-16)33-14(3)26/h7-13,22-23,27H,5-6H2,1-4H3/b10-7+. The molecular weight excluding hydrogens is 444 g/mol. The maximum absolute atomic E-state index is 13.0. The molecule has 0 spiro atoms. The molecule has 2 aromatic rings. The third-order valence-corrected chi connectivity index (χ3v) is 5.01. The number of fused-ring (bicyclic) bond motifs is 1. The van der Waals surface area contributed by atoms with Gasteiger partial charge in [0.25, 0.3) is 0 Å². The number of rotatable bonds is 8. The second-order valence-electron chi connectivity index (χ2n) is 7.32. The molecule has 180 valence electrons. The number of hydrogen-bond donors (Lipinski definition) is 1. The summed E-state index contributed by atoms with van der Waals surface area (Å²) in [5, 5.41) is 10.0. The van der Waals surface area contributed by atoms with Crippen LogP contribution in [0.3, 0.4) is 0 Å². The van der Waals surface area contributed by atoms with Crippen LogP contribution in [0.4, 0.5) is 0 Å². The number of phenols is 1. The molecule has 3 rings (SSSR count). The van der Waals surface area contributed by atoms with Gasteiger partial charge in [0, 0.05) is 18.6 Å². The Labute approximate surface area is 196 Å². The van der Waals surface area contributed by atoms with Gasteiger partial charge >= 0.3 is 17.9 Å². The number of phenolic OH excluding ortho intramolecular Hbond substituents is 1. The van der Waals surface area contributed by atoms with Crippen LogP contribution in [0, 0.1) is 0 Å². The van der Waals surface area contributed by atoms with Crippen molar-refractivity contribution in [1.82, 2.24) is 0 Å². The summed E-state index contributed by atoms with van der Waals surface area (Å²) < 4.78 is 26.9. The summed E-state index contributed by atoms with van der Waals surface area (Å²) in [6.45, 7) is 5.03. The molecule has 2 atom stereocenters. The van der Waals surface area contributed by atoms with E-state index in [4.69, 9.17) is 23.7 Å². The van der Waals surface area contributed by atoms with Crippen LogP contribution in [-0.2, 0) is 23.9 Å². The third-order valence-electron chi connectivity index (χ3n) is 5.01. The average molecular weight is 470 g/mol. The van der Waals surface area contributed by atoms with Gasteiger partial charge in [-0.2, -0.15) is 0 Å². The first-order valence-corrected chi connectivity index (χ1v) is 10.7. The van der Waals surface area contributed by atoms with Crippen LogP contribution >= 0.6 is 0 Å². The van der Waals surface area contributed by atoms with Crippen molar-refractivity contribution in [3.63, 3.8) is 0 Å². The summed E-state index contributed by atoms with van der Waals surface area (Å²) in [4.78, 5) is 36.2. The van der Waals surface area contributed by atoms with Gasteiger partial charge in [0.05, 0.1) is 20.3 Å². The minimum atomic E-state index is -0.880. The number of carbonyl (C=O) groups is 3. The Hall–Kier alpha value is -4.01. The zero-order valence-electron chi connectivity index (χ0n) is 19.3. The quantitative estimate of drug-likeness (QED) is 0.350. The highest BCUT2D eigenvalue weighted by atomic mass is 16.6. The Kier molecular flexibility index (Phi) is 7.78. The zero-order valence-corrected chi connectivity index (χ0v) is 19.3. The minimum absolute atomic E-state index is 0.0582. The summed E-state index contributed by atoms with van der Waals surface area (Å²) in [7, 11) is 1.46. The van der Waals surface area contributed by atoms with Crippen LogP contribution in [0.5, 0.6) is 23.0 Å². The maximum Gasteiger partial charge on any atom is 0.330 e. The van der Waals surface area contributed by atoms with Gasteiger partial charge < -0.3 is 28.8 Å². The lowest BCUT2D eigenvalue weighted by molar-refractivity contribution is -0.146. The zero-order chi connectivity index (χ0) is 24.8. The maximum atomic E-state index is 13.0. The molecule has 34 heavy (non-hydrogen) atoms. The van der Waals surface area contributed by atoms with Gasteiger partial charge in [-0.3, -0.25) is 9.59 Å². The van der Waals surface area contributed by atoms with Crippen LogP contribution in [0.15, 0.2) is 36.4 Å². The lowest BCUT2D eigenvalue weighted by Crippen LogP contribution is -2.21. The van der Waals surface area contributed by atoms with Crippen molar-refractivity contribution in [2.24, 2.45) is 0 Å². The molecule has 0 radical (unpaired) electrons. The van der Waals surface area contributed by atoms with Gasteiger partial charge in [-0.05, 0) is 55.3 Å². The smallest absolute Gasteiger partial charge is 0.330 e. The van der Waals surface area contributed by atoms with Gasteiger partial charge in [-0.25, -0.2) is 4.79 Å². The van der Waals surface area contributed by atoms with Gasteiger partial charge in [0.1, 0.15) is 12.0 Å². The van der Waals surface area contributed by atoms with E-state index in [1.54, 1.807) is 38.1 Å². The van der Waals surface area contributed by atoms with Crippen LogP contribution in [0.2, 0.25) is 0 Å². The first-order valence-electron chi connectivity index (χ1n) is 10.7. The van der Waals surface area contributed by atoms with Crippen molar-refractivity contribution < 1.29 is 43.2 Å². The lowest BCUT2D eigenvalue weighted by atomic mass is 9.90. The second-order valence-corrected chi connectivity index (χ2v) is 7.32. The fourth-order valence-electron chi connectivity index (χ4n) is 3.65. The second kappa shape index (κ2) is 10.7. The molecule has 0 fully saturated rings. The van der Waals surface area contributed by atoms with Crippen LogP contribution in [0.1, 0.15) is 49.5 Å². The molecule has 1 aliphatic rings.